The van der Waals surface area contributed by atoms with Crippen LogP contribution in [0.1, 0.15) is 54.9 Å². The number of aliphatic hydroxyl groups is 2. The summed E-state index contributed by atoms with van der Waals surface area (Å²) in [4.78, 5) is 24.4. The Hall–Kier alpha value is -0.746. The van der Waals surface area contributed by atoms with Gasteiger partial charge in [-0.1, -0.05) is 40.4 Å². The van der Waals surface area contributed by atoms with E-state index in [4.69, 9.17) is 9.16 Å². The van der Waals surface area contributed by atoms with E-state index in [0.29, 0.717) is 6.04 Å². The van der Waals surface area contributed by atoms with Crippen LogP contribution < -0.4 is 5.32 Å². The number of hydrogen-bond donors (Lipinski definition) is 3. The summed E-state index contributed by atoms with van der Waals surface area (Å²) in [5, 5.41) is 24.4. The minimum Gasteiger partial charge on any atom is -0.458 e. The molecule has 0 bridgehead atoms. The molecule has 0 unspecified atom stereocenters. The molecule has 7 nitrogen and oxygen atoms in total. The lowest BCUT2D eigenvalue weighted by atomic mass is 9.99. The van der Waals surface area contributed by atoms with Gasteiger partial charge in [0, 0.05) is 21.4 Å². The molecule has 0 aliphatic carbocycles. The van der Waals surface area contributed by atoms with Crippen LogP contribution in [-0.2, 0) is 18.8 Å². The zero-order chi connectivity index (χ0) is 25.0. The van der Waals surface area contributed by atoms with Gasteiger partial charge in [-0.15, -0.1) is 0 Å². The van der Waals surface area contributed by atoms with E-state index in [2.05, 4.69) is 58.8 Å². The van der Waals surface area contributed by atoms with Gasteiger partial charge >= 0.3 is 5.97 Å². The summed E-state index contributed by atoms with van der Waals surface area (Å²) in [6, 6.07) is -0.187. The number of carbonyl (C=O) groups is 2. The molecule has 0 aliphatic rings. The summed E-state index contributed by atoms with van der Waals surface area (Å²) < 4.78 is 11.9. The average molecular weight is 478 g/mol. The third kappa shape index (κ3) is 11.6. The third-order valence-corrected chi connectivity index (χ3v) is 11.5. The second kappa shape index (κ2) is 10.9. The van der Waals surface area contributed by atoms with E-state index in [1.165, 1.54) is 6.92 Å². The quantitative estimate of drug-likeness (QED) is 0.327. The van der Waals surface area contributed by atoms with Gasteiger partial charge in [-0.2, -0.15) is 0 Å². The number of amides is 1. The first-order valence-corrected chi connectivity index (χ1v) is 17.7. The van der Waals surface area contributed by atoms with Crippen molar-refractivity contribution in [1.29, 1.82) is 0 Å². The van der Waals surface area contributed by atoms with Crippen molar-refractivity contribution in [3.8, 4) is 0 Å². The number of aliphatic hydroxyl groups excluding tert-OH is 2. The first kappa shape index (κ1) is 30.3. The molecule has 0 spiro atoms. The molecule has 0 saturated heterocycles. The third-order valence-electron chi connectivity index (χ3n) is 5.39. The Balaban J connectivity index is 6.02. The molecule has 0 fully saturated rings. The van der Waals surface area contributed by atoms with Gasteiger partial charge in [-0.3, -0.25) is 4.79 Å². The first-order valence-electron chi connectivity index (χ1n) is 11.1. The van der Waals surface area contributed by atoms with Crippen molar-refractivity contribution in [2.24, 2.45) is 0 Å². The summed E-state index contributed by atoms with van der Waals surface area (Å²) >= 11 is 0. The van der Waals surface area contributed by atoms with E-state index in [1.807, 2.05) is 0 Å². The van der Waals surface area contributed by atoms with E-state index >= 15 is 0 Å². The molecule has 0 aromatic rings. The number of esters is 1. The van der Waals surface area contributed by atoms with Crippen LogP contribution in [-0.4, -0.2) is 68.4 Å². The normalized spacial score (nSPS) is 17.5. The van der Waals surface area contributed by atoms with E-state index in [9.17, 15) is 19.8 Å². The molecule has 1 amide bonds. The van der Waals surface area contributed by atoms with Crippen molar-refractivity contribution >= 4 is 28.3 Å². The molecule has 0 aromatic carbocycles. The van der Waals surface area contributed by atoms with Crippen LogP contribution in [0.2, 0.25) is 43.8 Å². The Kier molecular flexibility index (Phi) is 10.7. The molecular formula is C22H47NO6Si2. The molecule has 9 heteroatoms. The molecule has 0 aliphatic heterocycles. The Morgan fingerprint density at radius 3 is 1.81 bits per heavy atom. The molecule has 0 aromatic heterocycles. The Morgan fingerprint density at radius 1 is 0.968 bits per heavy atom. The van der Waals surface area contributed by atoms with Gasteiger partial charge in [-0.25, -0.2) is 4.79 Å². The summed E-state index contributed by atoms with van der Waals surface area (Å²) in [6.07, 6.45) is -3.09. The van der Waals surface area contributed by atoms with Crippen molar-refractivity contribution in [3.63, 3.8) is 0 Å². The number of hydrogen-bond acceptors (Lipinski definition) is 6. The lowest BCUT2D eigenvalue weighted by Gasteiger charge is -2.43. The molecule has 4 atom stereocenters. The standard InChI is InChI=1S/C22H47NO6Si2/c1-15(24)23-19(17(26)14-30(8,9)10)18(29-31(11,12)22(5,6)7)13-16(25)20(27)28-21(2,3)4/h16-19,25-26H,13-14H2,1-12H3,(H,23,24)/t16-,17+,18-,19-/m0/s1. The number of rotatable bonds is 10. The molecule has 3 N–H and O–H groups in total. The highest BCUT2D eigenvalue weighted by molar-refractivity contribution is 6.76. The minimum atomic E-state index is -2.35. The molecule has 31 heavy (non-hydrogen) atoms. The van der Waals surface area contributed by atoms with E-state index in [1.54, 1.807) is 20.8 Å². The van der Waals surface area contributed by atoms with Gasteiger partial charge in [-0.05, 0) is 44.9 Å². The molecule has 184 valence electrons. The second-order valence-electron chi connectivity index (χ2n) is 12.3. The number of nitrogens with one attached hydrogen (secondary N) is 1. The Labute approximate surface area is 191 Å². The zero-order valence-electron chi connectivity index (χ0n) is 21.8. The van der Waals surface area contributed by atoms with Crippen LogP contribution in [0.25, 0.3) is 0 Å². The lowest BCUT2D eigenvalue weighted by Crippen LogP contribution is -2.58. The second-order valence-corrected chi connectivity index (χ2v) is 22.5. The maximum atomic E-state index is 12.4. The average Bonchev–Trinajstić information content (AvgIpc) is 2.46. The summed E-state index contributed by atoms with van der Waals surface area (Å²) in [5.41, 5.74) is -0.734. The topological polar surface area (TPSA) is 105 Å². The summed E-state index contributed by atoms with van der Waals surface area (Å²) in [5.74, 6) is -1.03. The van der Waals surface area contributed by atoms with Gasteiger partial charge in [0.25, 0.3) is 0 Å². The first-order chi connectivity index (χ1) is 13.6. The number of carbonyl (C=O) groups excluding carboxylic acids is 2. The van der Waals surface area contributed by atoms with Crippen molar-refractivity contribution in [2.45, 2.75) is 129 Å². The smallest absolute Gasteiger partial charge is 0.335 e. The monoisotopic (exact) mass is 477 g/mol. The van der Waals surface area contributed by atoms with Crippen molar-refractivity contribution in [1.82, 2.24) is 5.32 Å². The Morgan fingerprint density at radius 2 is 1.45 bits per heavy atom. The van der Waals surface area contributed by atoms with E-state index < -0.39 is 52.3 Å². The molecule has 0 heterocycles. The Bertz CT molecular complexity index is 605. The van der Waals surface area contributed by atoms with Gasteiger partial charge in [0.2, 0.25) is 5.91 Å². The number of ether oxygens (including phenoxy) is 1. The maximum Gasteiger partial charge on any atom is 0.335 e. The van der Waals surface area contributed by atoms with Gasteiger partial charge < -0.3 is 24.7 Å². The van der Waals surface area contributed by atoms with Crippen molar-refractivity contribution in [3.05, 3.63) is 0 Å². The van der Waals surface area contributed by atoms with Crippen LogP contribution in [0.3, 0.4) is 0 Å². The fraction of sp³-hybridized carbons (Fsp3) is 0.909. The van der Waals surface area contributed by atoms with Crippen LogP contribution in [0.4, 0.5) is 0 Å². The van der Waals surface area contributed by atoms with Crippen LogP contribution in [0, 0.1) is 0 Å². The van der Waals surface area contributed by atoms with Crippen LogP contribution in [0.15, 0.2) is 0 Å². The highest BCUT2D eigenvalue weighted by Gasteiger charge is 2.44. The summed E-state index contributed by atoms with van der Waals surface area (Å²) in [7, 11) is -4.02. The molecule has 0 rings (SSSR count). The highest BCUT2D eigenvalue weighted by Crippen LogP contribution is 2.38. The summed E-state index contributed by atoms with van der Waals surface area (Å²) in [6.45, 7) is 23.4. The predicted octanol–water partition coefficient (Wildman–Crippen LogP) is 3.67. The zero-order valence-corrected chi connectivity index (χ0v) is 23.8. The van der Waals surface area contributed by atoms with Crippen molar-refractivity contribution < 1.29 is 29.0 Å². The van der Waals surface area contributed by atoms with Gasteiger partial charge in [0.15, 0.2) is 14.4 Å². The minimum absolute atomic E-state index is 0.0743. The van der Waals surface area contributed by atoms with Crippen molar-refractivity contribution in [2.75, 3.05) is 0 Å². The highest BCUT2D eigenvalue weighted by atomic mass is 28.4. The largest absolute Gasteiger partial charge is 0.458 e. The predicted molar refractivity (Wildman–Crippen MR) is 130 cm³/mol. The fourth-order valence-electron chi connectivity index (χ4n) is 2.94. The van der Waals surface area contributed by atoms with Gasteiger partial charge in [0.1, 0.15) is 5.60 Å². The molecule has 0 radical (unpaired) electrons. The SMILES string of the molecule is CC(=O)N[C@@H]([C@H](O)C[Si](C)(C)C)[C@H](C[C@H](O)C(=O)OC(C)(C)C)O[Si](C)(C)C(C)(C)C. The van der Waals surface area contributed by atoms with Gasteiger partial charge in [0.05, 0.1) is 18.2 Å². The van der Waals surface area contributed by atoms with E-state index in [0.717, 1.165) is 0 Å². The van der Waals surface area contributed by atoms with E-state index in [-0.39, 0.29) is 17.4 Å². The molecule has 0 saturated carbocycles. The molecular weight excluding hydrogens is 430 g/mol. The van der Waals surface area contributed by atoms with Crippen LogP contribution in [0.5, 0.6) is 0 Å². The van der Waals surface area contributed by atoms with Crippen LogP contribution >= 0.6 is 0 Å². The fourth-order valence-corrected chi connectivity index (χ4v) is 5.80. The lowest BCUT2D eigenvalue weighted by molar-refractivity contribution is -0.166. The maximum absolute atomic E-state index is 12.4.